The predicted molar refractivity (Wildman–Crippen MR) is 222 cm³/mol. The molecule has 2 amide bonds. The van der Waals surface area contributed by atoms with Crippen LogP contribution in [0.2, 0.25) is 0 Å². The molecule has 0 spiro atoms. The lowest BCUT2D eigenvalue weighted by molar-refractivity contribution is -0.123. The molecule has 1 aliphatic carbocycles. The van der Waals surface area contributed by atoms with Crippen LogP contribution in [0.3, 0.4) is 0 Å². The molecule has 0 aromatic heterocycles. The summed E-state index contributed by atoms with van der Waals surface area (Å²) in [6.45, 7) is 11.9. The number of rotatable bonds is 15. The fourth-order valence-electron chi connectivity index (χ4n) is 9.29. The largest absolute Gasteiger partial charge is 0.373 e. The lowest BCUT2D eigenvalue weighted by Crippen LogP contribution is -2.58. The minimum Gasteiger partial charge on any atom is -0.373 e. The molecular formula is C43H63FN8O2S. The molecule has 300 valence electrons. The molecule has 5 aliphatic rings. The number of piperidine rings is 1. The first kappa shape index (κ1) is 40.1. The fourth-order valence-corrected chi connectivity index (χ4v) is 10.5. The number of nitrogens with one attached hydrogen (secondary N) is 7. The van der Waals surface area contributed by atoms with Gasteiger partial charge in [0.2, 0.25) is 11.8 Å². The van der Waals surface area contributed by atoms with E-state index in [2.05, 4.69) is 107 Å². The molecule has 2 saturated heterocycles. The van der Waals surface area contributed by atoms with E-state index in [4.69, 9.17) is 0 Å². The molecule has 12 heteroatoms. The van der Waals surface area contributed by atoms with Gasteiger partial charge in [-0.15, -0.1) is 0 Å². The maximum Gasteiger partial charge on any atom is 0.244 e. The number of likely N-dealkylation sites (tertiary alicyclic amines) is 1. The number of amides is 2. The number of benzene rings is 2. The number of unbranched alkanes of at least 4 members (excludes halogenated alkanes) is 1. The van der Waals surface area contributed by atoms with Crippen molar-refractivity contribution in [2.75, 3.05) is 24.2 Å². The maximum absolute atomic E-state index is 14.5. The highest BCUT2D eigenvalue weighted by atomic mass is 32.2. The molecule has 1 saturated carbocycles. The van der Waals surface area contributed by atoms with Gasteiger partial charge in [-0.05, 0) is 113 Å². The van der Waals surface area contributed by atoms with E-state index in [0.717, 1.165) is 62.0 Å². The van der Waals surface area contributed by atoms with E-state index in [1.807, 2.05) is 6.92 Å². The van der Waals surface area contributed by atoms with E-state index in [-0.39, 0.29) is 58.6 Å². The second kappa shape index (κ2) is 17.5. The first-order valence-corrected chi connectivity index (χ1v) is 21.7. The average molecular weight is 775 g/mol. The lowest BCUT2D eigenvalue weighted by Gasteiger charge is -2.44. The van der Waals surface area contributed by atoms with Crippen molar-refractivity contribution in [3.05, 3.63) is 70.6 Å². The quantitative estimate of drug-likeness (QED) is 0.114. The van der Waals surface area contributed by atoms with Gasteiger partial charge in [-0.1, -0.05) is 68.4 Å². The number of thioether (sulfide) groups is 1. The second-order valence-corrected chi connectivity index (χ2v) is 18.2. The van der Waals surface area contributed by atoms with Gasteiger partial charge in [0, 0.05) is 53.9 Å². The molecule has 3 fully saturated rings. The summed E-state index contributed by atoms with van der Waals surface area (Å²) in [4.78, 5) is 29.6. The number of hydrogen-bond donors (Lipinski definition) is 7. The number of allylic oxidation sites excluding steroid dienone is 1. The van der Waals surface area contributed by atoms with Gasteiger partial charge in [0.25, 0.3) is 0 Å². The van der Waals surface area contributed by atoms with Gasteiger partial charge in [0.15, 0.2) is 0 Å². The van der Waals surface area contributed by atoms with Crippen molar-refractivity contribution in [2.24, 2.45) is 17.8 Å². The number of para-hydroxylation sites is 1. The number of hydrogen-bond acceptors (Lipinski definition) is 9. The van der Waals surface area contributed by atoms with Crippen LogP contribution < -0.4 is 37.4 Å². The highest BCUT2D eigenvalue weighted by molar-refractivity contribution is 8.00. The minimum atomic E-state index is -0.495. The van der Waals surface area contributed by atoms with Crippen LogP contribution in [-0.2, 0) is 22.4 Å². The van der Waals surface area contributed by atoms with Crippen LogP contribution >= 0.6 is 11.8 Å². The predicted octanol–water partition coefficient (Wildman–Crippen LogP) is 5.72. The third-order valence-electron chi connectivity index (χ3n) is 13.0. The molecule has 7 rings (SSSR count). The standard InChI is InChI=1S/C43H63FN8O2S/c1-7-8-9-10-14-33(45-27(5)26(4)39(28-16-17-28)48-40(53)34-21-29-13-11-12-24(2)37(29)46-34)36-22-30(19-20-52(36)6)42-50-51-43(55-42)49-41(54)35-23-31-32(44)18-15-25(3)38(31)47-35/h9-13,15,18,26-28,30,33-36,39,42-43,45-47,50-51H,7-8,14,16-17,19-23H2,1-6H3,(H,48,53)(H,49,54)/b10-9+. The second-order valence-electron chi connectivity index (χ2n) is 17.0. The van der Waals surface area contributed by atoms with Crippen LogP contribution in [0, 0.1) is 37.4 Å². The van der Waals surface area contributed by atoms with Crippen LogP contribution in [0.4, 0.5) is 15.8 Å². The number of nitrogens with zero attached hydrogens (tertiary/aromatic N) is 1. The molecule has 10 atom stereocenters. The summed E-state index contributed by atoms with van der Waals surface area (Å²) in [6.07, 6.45) is 13.3. The summed E-state index contributed by atoms with van der Waals surface area (Å²) >= 11 is 1.73. The Bertz CT molecular complexity index is 1690. The Labute approximate surface area is 331 Å². The summed E-state index contributed by atoms with van der Waals surface area (Å²) in [5, 5.41) is 17.7. The van der Waals surface area contributed by atoms with Crippen molar-refractivity contribution in [3.63, 3.8) is 0 Å². The van der Waals surface area contributed by atoms with E-state index in [0.29, 0.717) is 29.9 Å². The van der Waals surface area contributed by atoms with Gasteiger partial charge in [0.05, 0.1) is 5.37 Å². The monoisotopic (exact) mass is 774 g/mol. The third-order valence-corrected chi connectivity index (χ3v) is 14.3. The summed E-state index contributed by atoms with van der Waals surface area (Å²) < 4.78 is 14.5. The average Bonchev–Trinajstić information content (AvgIpc) is 3.52. The Morgan fingerprint density at radius 1 is 0.982 bits per heavy atom. The van der Waals surface area contributed by atoms with E-state index in [1.54, 1.807) is 17.8 Å². The molecule has 10 unspecified atom stereocenters. The summed E-state index contributed by atoms with van der Waals surface area (Å²) in [7, 11) is 2.26. The Balaban J connectivity index is 0.961. The first-order chi connectivity index (χ1) is 26.5. The highest BCUT2D eigenvalue weighted by Gasteiger charge is 2.43. The van der Waals surface area contributed by atoms with Crippen molar-refractivity contribution >= 4 is 35.0 Å². The number of fused-ring (bicyclic) bond motifs is 2. The molecule has 0 radical (unpaired) electrons. The van der Waals surface area contributed by atoms with Crippen molar-refractivity contribution in [1.29, 1.82) is 0 Å². The molecule has 10 nitrogen and oxygen atoms in total. The Hall–Kier alpha value is -3.16. The molecule has 4 aliphatic heterocycles. The Morgan fingerprint density at radius 2 is 1.75 bits per heavy atom. The molecule has 55 heavy (non-hydrogen) atoms. The number of aryl methyl sites for hydroxylation is 2. The number of carbonyl (C=O) groups excluding carboxylic acids is 2. The Kier molecular flexibility index (Phi) is 12.8. The molecule has 2 aromatic rings. The van der Waals surface area contributed by atoms with Crippen LogP contribution in [0.5, 0.6) is 0 Å². The van der Waals surface area contributed by atoms with Gasteiger partial charge >= 0.3 is 0 Å². The number of anilines is 2. The number of carbonyl (C=O) groups is 2. The number of halogens is 1. The SMILES string of the molecule is CCC/C=C/CC(NC(C)C(C)C(NC(=O)C1Cc2cccc(C)c2N1)C1CC1)C1CC(C2NNC(NC(=O)C3Cc4c(F)ccc(C)c4N3)S2)CCN1C. The lowest BCUT2D eigenvalue weighted by atomic mass is 9.84. The van der Waals surface area contributed by atoms with Gasteiger partial charge in [-0.2, -0.15) is 0 Å². The highest BCUT2D eigenvalue weighted by Crippen LogP contribution is 2.39. The number of hydrazine groups is 1. The zero-order valence-electron chi connectivity index (χ0n) is 33.5. The van der Waals surface area contributed by atoms with Crippen LogP contribution in [-0.4, -0.2) is 77.4 Å². The van der Waals surface area contributed by atoms with Crippen LogP contribution in [0.1, 0.15) is 88.0 Å². The van der Waals surface area contributed by atoms with Gasteiger partial charge in [-0.25, -0.2) is 15.2 Å². The summed E-state index contributed by atoms with van der Waals surface area (Å²) in [6, 6.07) is 9.73. The van der Waals surface area contributed by atoms with Crippen LogP contribution in [0.25, 0.3) is 0 Å². The molecule has 7 N–H and O–H groups in total. The van der Waals surface area contributed by atoms with E-state index in [9.17, 15) is 14.0 Å². The van der Waals surface area contributed by atoms with Gasteiger partial charge in [-0.3, -0.25) is 9.59 Å². The Morgan fingerprint density at radius 3 is 2.49 bits per heavy atom. The zero-order valence-corrected chi connectivity index (χ0v) is 34.3. The summed E-state index contributed by atoms with van der Waals surface area (Å²) in [5.74, 6) is 0.912. The first-order valence-electron chi connectivity index (χ1n) is 20.8. The zero-order chi connectivity index (χ0) is 38.8. The molecule has 0 bridgehead atoms. The van der Waals surface area contributed by atoms with E-state index < -0.39 is 6.04 Å². The molecule has 4 heterocycles. The van der Waals surface area contributed by atoms with Gasteiger partial charge in [0.1, 0.15) is 23.4 Å². The minimum absolute atomic E-state index is 0.110. The third kappa shape index (κ3) is 9.20. The van der Waals surface area contributed by atoms with Gasteiger partial charge < -0.3 is 31.5 Å². The number of likely N-dealkylation sites (N-methyl/N-ethyl adjacent to an activating group) is 1. The smallest absolute Gasteiger partial charge is 0.244 e. The maximum atomic E-state index is 14.5. The fraction of sp³-hybridized carbons (Fsp3) is 0.628. The molecular weight excluding hydrogens is 712 g/mol. The molecule has 2 aromatic carbocycles. The van der Waals surface area contributed by atoms with Crippen molar-refractivity contribution in [2.45, 2.75) is 140 Å². The summed E-state index contributed by atoms with van der Waals surface area (Å²) in [5.41, 5.74) is 12.4. The normalized spacial score (nSPS) is 28.5. The van der Waals surface area contributed by atoms with Crippen molar-refractivity contribution in [1.82, 2.24) is 31.7 Å². The van der Waals surface area contributed by atoms with Crippen LogP contribution in [0.15, 0.2) is 42.5 Å². The van der Waals surface area contributed by atoms with E-state index >= 15 is 0 Å². The van der Waals surface area contributed by atoms with Crippen molar-refractivity contribution < 1.29 is 14.0 Å². The van der Waals surface area contributed by atoms with E-state index in [1.165, 1.54) is 30.0 Å². The topological polar surface area (TPSA) is 122 Å². The van der Waals surface area contributed by atoms with Crippen molar-refractivity contribution in [3.8, 4) is 0 Å².